The Morgan fingerprint density at radius 3 is 3.10 bits per heavy atom. The molecule has 1 N–H and O–H groups in total. The highest BCUT2D eigenvalue weighted by molar-refractivity contribution is 7.19. The van der Waals surface area contributed by atoms with Gasteiger partial charge in [-0.3, -0.25) is 0 Å². The third-order valence-corrected chi connectivity index (χ3v) is 5.22. The van der Waals surface area contributed by atoms with E-state index in [1.165, 1.54) is 23.8 Å². The van der Waals surface area contributed by atoms with E-state index in [1.807, 2.05) is 13.1 Å². The Hall–Kier alpha value is -0.970. The molecule has 20 heavy (non-hydrogen) atoms. The van der Waals surface area contributed by atoms with Gasteiger partial charge in [0, 0.05) is 22.2 Å². The maximum atomic E-state index is 13.3. The molecule has 2 aromatic rings. The average molecular weight is 293 g/mol. The summed E-state index contributed by atoms with van der Waals surface area (Å²) >= 11 is 1.75. The lowest BCUT2D eigenvalue weighted by atomic mass is 10.0. The summed E-state index contributed by atoms with van der Waals surface area (Å²) in [5.41, 5.74) is 0. The molecule has 0 amide bonds. The van der Waals surface area contributed by atoms with Crippen LogP contribution in [0.3, 0.4) is 0 Å². The standard InChI is InChI=1S/C16H20FNOS/c1-18-14(6-5-13-3-2-8-19-13)16-10-11-9-12(17)4-7-15(11)20-16/h4,7,9-10,13-14,18H,2-3,5-6,8H2,1H3. The van der Waals surface area contributed by atoms with Crippen LogP contribution in [0.1, 0.15) is 36.6 Å². The second-order valence-corrected chi connectivity index (χ2v) is 6.50. The fourth-order valence-corrected chi connectivity index (χ4v) is 4.05. The van der Waals surface area contributed by atoms with E-state index in [1.54, 1.807) is 17.4 Å². The van der Waals surface area contributed by atoms with E-state index < -0.39 is 0 Å². The smallest absolute Gasteiger partial charge is 0.123 e. The van der Waals surface area contributed by atoms with Gasteiger partial charge in [0.05, 0.1) is 6.10 Å². The van der Waals surface area contributed by atoms with E-state index in [2.05, 4.69) is 11.4 Å². The normalized spacial score (nSPS) is 20.6. The first-order valence-corrected chi connectivity index (χ1v) is 8.06. The summed E-state index contributed by atoms with van der Waals surface area (Å²) in [5, 5.41) is 4.38. The molecular formula is C16H20FNOS. The summed E-state index contributed by atoms with van der Waals surface area (Å²) in [6.45, 7) is 0.914. The van der Waals surface area contributed by atoms with Crippen LogP contribution >= 0.6 is 11.3 Å². The monoisotopic (exact) mass is 293 g/mol. The summed E-state index contributed by atoms with van der Waals surface area (Å²) in [5.74, 6) is -0.165. The number of thiophene rings is 1. The SMILES string of the molecule is CNC(CCC1CCCO1)c1cc2cc(F)ccc2s1. The molecule has 2 heterocycles. The first-order chi connectivity index (χ1) is 9.76. The first kappa shape index (κ1) is 14.0. The molecule has 1 fully saturated rings. The van der Waals surface area contributed by atoms with E-state index in [0.29, 0.717) is 12.1 Å². The molecule has 0 saturated carbocycles. The van der Waals surface area contributed by atoms with E-state index in [4.69, 9.17) is 4.74 Å². The van der Waals surface area contributed by atoms with Gasteiger partial charge in [-0.2, -0.15) is 0 Å². The van der Waals surface area contributed by atoms with Gasteiger partial charge in [-0.05, 0) is 62.4 Å². The lowest BCUT2D eigenvalue weighted by molar-refractivity contribution is 0.0999. The summed E-state index contributed by atoms with van der Waals surface area (Å²) in [6.07, 6.45) is 4.97. The van der Waals surface area contributed by atoms with Crippen LogP contribution in [0, 0.1) is 5.82 Å². The third-order valence-electron chi connectivity index (χ3n) is 3.99. The largest absolute Gasteiger partial charge is 0.378 e. The number of hydrogen-bond acceptors (Lipinski definition) is 3. The molecule has 1 aromatic heterocycles. The lowest BCUT2D eigenvalue weighted by Crippen LogP contribution is -2.17. The molecule has 4 heteroatoms. The Bertz CT molecular complexity index is 577. The Kier molecular flexibility index (Phi) is 4.34. The van der Waals surface area contributed by atoms with Crippen molar-refractivity contribution in [3.8, 4) is 0 Å². The molecule has 2 atom stereocenters. The molecule has 0 spiro atoms. The fourth-order valence-electron chi connectivity index (χ4n) is 2.86. The number of rotatable bonds is 5. The Morgan fingerprint density at radius 1 is 1.45 bits per heavy atom. The van der Waals surface area contributed by atoms with Gasteiger partial charge in [-0.15, -0.1) is 11.3 Å². The van der Waals surface area contributed by atoms with Crippen LogP contribution in [0.15, 0.2) is 24.3 Å². The Balaban J connectivity index is 1.72. The fraction of sp³-hybridized carbons (Fsp3) is 0.500. The minimum absolute atomic E-state index is 0.165. The summed E-state index contributed by atoms with van der Waals surface area (Å²) < 4.78 is 20.1. The van der Waals surface area contributed by atoms with Gasteiger partial charge in [0.15, 0.2) is 0 Å². The van der Waals surface area contributed by atoms with Crippen LogP contribution in [0.25, 0.3) is 10.1 Å². The number of benzene rings is 1. The van der Waals surface area contributed by atoms with Gasteiger partial charge in [0.1, 0.15) is 5.82 Å². The number of hydrogen-bond donors (Lipinski definition) is 1. The van der Waals surface area contributed by atoms with Crippen molar-refractivity contribution < 1.29 is 9.13 Å². The highest BCUT2D eigenvalue weighted by Gasteiger charge is 2.19. The molecule has 0 radical (unpaired) electrons. The summed E-state index contributed by atoms with van der Waals surface area (Å²) in [6, 6.07) is 7.45. The van der Waals surface area contributed by atoms with E-state index in [-0.39, 0.29) is 5.82 Å². The second-order valence-electron chi connectivity index (χ2n) is 5.38. The highest BCUT2D eigenvalue weighted by atomic mass is 32.1. The van der Waals surface area contributed by atoms with Gasteiger partial charge in [-0.1, -0.05) is 0 Å². The zero-order chi connectivity index (χ0) is 13.9. The summed E-state index contributed by atoms with van der Waals surface area (Å²) in [7, 11) is 1.99. The van der Waals surface area contributed by atoms with Crippen LogP contribution in [0.4, 0.5) is 4.39 Å². The van der Waals surface area contributed by atoms with Crippen molar-refractivity contribution in [2.75, 3.05) is 13.7 Å². The molecule has 0 aliphatic carbocycles. The van der Waals surface area contributed by atoms with Gasteiger partial charge in [-0.25, -0.2) is 4.39 Å². The molecule has 108 valence electrons. The molecular weight excluding hydrogens is 273 g/mol. The van der Waals surface area contributed by atoms with Crippen LogP contribution in [0.5, 0.6) is 0 Å². The second kappa shape index (κ2) is 6.20. The van der Waals surface area contributed by atoms with Crippen molar-refractivity contribution in [2.45, 2.75) is 37.8 Å². The number of fused-ring (bicyclic) bond motifs is 1. The molecule has 3 rings (SSSR count). The quantitative estimate of drug-likeness (QED) is 0.889. The van der Waals surface area contributed by atoms with E-state index in [0.717, 1.165) is 29.5 Å². The van der Waals surface area contributed by atoms with Gasteiger partial charge in [0.2, 0.25) is 0 Å². The van der Waals surface area contributed by atoms with Crippen LogP contribution in [-0.2, 0) is 4.74 Å². The van der Waals surface area contributed by atoms with Crippen molar-refractivity contribution in [2.24, 2.45) is 0 Å². The average Bonchev–Trinajstić information content (AvgIpc) is 3.08. The minimum Gasteiger partial charge on any atom is -0.378 e. The molecule has 1 saturated heterocycles. The predicted molar refractivity (Wildman–Crippen MR) is 81.8 cm³/mol. The van der Waals surface area contributed by atoms with Crippen molar-refractivity contribution in [1.29, 1.82) is 0 Å². The van der Waals surface area contributed by atoms with Gasteiger partial charge >= 0.3 is 0 Å². The van der Waals surface area contributed by atoms with Crippen molar-refractivity contribution in [1.82, 2.24) is 5.32 Å². The molecule has 0 bridgehead atoms. The highest BCUT2D eigenvalue weighted by Crippen LogP contribution is 2.33. The van der Waals surface area contributed by atoms with Crippen LogP contribution in [-0.4, -0.2) is 19.8 Å². The number of nitrogens with one attached hydrogen (secondary N) is 1. The molecule has 1 aliphatic heterocycles. The molecule has 2 nitrogen and oxygen atoms in total. The number of halogens is 1. The molecule has 1 aliphatic rings. The third kappa shape index (κ3) is 3.03. The summed E-state index contributed by atoms with van der Waals surface area (Å²) in [4.78, 5) is 1.28. The van der Waals surface area contributed by atoms with E-state index >= 15 is 0 Å². The van der Waals surface area contributed by atoms with Gasteiger partial charge in [0.25, 0.3) is 0 Å². The molecule has 1 aromatic carbocycles. The molecule has 2 unspecified atom stereocenters. The zero-order valence-corrected chi connectivity index (χ0v) is 12.5. The Morgan fingerprint density at radius 2 is 2.35 bits per heavy atom. The van der Waals surface area contributed by atoms with Crippen molar-refractivity contribution in [3.05, 3.63) is 35.0 Å². The minimum atomic E-state index is -0.165. The van der Waals surface area contributed by atoms with Crippen LogP contribution in [0.2, 0.25) is 0 Å². The lowest BCUT2D eigenvalue weighted by Gasteiger charge is -2.16. The van der Waals surface area contributed by atoms with Crippen molar-refractivity contribution >= 4 is 21.4 Å². The number of ether oxygens (including phenoxy) is 1. The van der Waals surface area contributed by atoms with Crippen LogP contribution < -0.4 is 5.32 Å². The van der Waals surface area contributed by atoms with Gasteiger partial charge < -0.3 is 10.1 Å². The van der Waals surface area contributed by atoms with E-state index in [9.17, 15) is 4.39 Å². The maximum Gasteiger partial charge on any atom is 0.123 e. The first-order valence-electron chi connectivity index (χ1n) is 7.24. The van der Waals surface area contributed by atoms with Crippen molar-refractivity contribution in [3.63, 3.8) is 0 Å². The topological polar surface area (TPSA) is 21.3 Å². The Labute approximate surface area is 122 Å². The zero-order valence-electron chi connectivity index (χ0n) is 11.7. The predicted octanol–water partition coefficient (Wildman–Crippen LogP) is 4.26. The maximum absolute atomic E-state index is 13.3.